The first kappa shape index (κ1) is 9.74. The van der Waals surface area contributed by atoms with Crippen LogP contribution in [0.1, 0.15) is 6.92 Å². The zero-order valence-corrected chi connectivity index (χ0v) is 5.27. The average molecular weight is 130 g/mol. The molecule has 0 fully saturated rings. The Morgan fingerprint density at radius 1 is 1.67 bits per heavy atom. The van der Waals surface area contributed by atoms with Gasteiger partial charge in [0.1, 0.15) is 0 Å². The third-order valence-corrected chi connectivity index (χ3v) is 0.533. The molecule has 0 rings (SSSR count). The minimum absolute atomic E-state index is 0. The van der Waals surface area contributed by atoms with Crippen molar-refractivity contribution in [3.8, 4) is 0 Å². The molecule has 1 N–H and O–H groups in total. The lowest BCUT2D eigenvalue weighted by Crippen LogP contribution is -2.07. The summed E-state index contributed by atoms with van der Waals surface area (Å²) in [7, 11) is 0. The number of hydrogen-bond donors (Lipinski definition) is 1. The molecule has 0 aromatic rings. The second-order valence-corrected chi connectivity index (χ2v) is 1.00. The van der Waals surface area contributed by atoms with Gasteiger partial charge in [-0.3, -0.25) is 0 Å². The molecule has 0 aliphatic heterocycles. The van der Waals surface area contributed by atoms with Gasteiger partial charge in [0.2, 0.25) is 0 Å². The molecule has 3 heteroatoms. The highest BCUT2D eigenvalue weighted by atomic mass is 35.5. The SMILES string of the molecule is CCNCCl.Cl. The van der Waals surface area contributed by atoms with Gasteiger partial charge in [-0.25, -0.2) is 0 Å². The molecule has 40 valence electrons. The van der Waals surface area contributed by atoms with E-state index in [-0.39, 0.29) is 12.4 Å². The Morgan fingerprint density at radius 3 is 2.17 bits per heavy atom. The van der Waals surface area contributed by atoms with E-state index in [0.29, 0.717) is 6.00 Å². The van der Waals surface area contributed by atoms with Crippen LogP contribution in [-0.4, -0.2) is 12.5 Å². The Labute approximate surface area is 49.5 Å². The average Bonchev–Trinajstić information content (AvgIpc) is 1.41. The maximum atomic E-state index is 5.19. The van der Waals surface area contributed by atoms with Crippen molar-refractivity contribution < 1.29 is 0 Å². The summed E-state index contributed by atoms with van der Waals surface area (Å²) in [5, 5.41) is 2.88. The van der Waals surface area contributed by atoms with Crippen molar-refractivity contribution in [3.63, 3.8) is 0 Å². The number of hydrogen-bond acceptors (Lipinski definition) is 1. The molecule has 0 unspecified atom stereocenters. The minimum Gasteiger partial charge on any atom is -0.304 e. The maximum absolute atomic E-state index is 5.19. The number of rotatable bonds is 2. The molecule has 0 bridgehead atoms. The highest BCUT2D eigenvalue weighted by Crippen LogP contribution is 1.60. The van der Waals surface area contributed by atoms with Crippen LogP contribution in [-0.2, 0) is 0 Å². The molecule has 6 heavy (non-hydrogen) atoms. The van der Waals surface area contributed by atoms with E-state index in [4.69, 9.17) is 11.6 Å². The van der Waals surface area contributed by atoms with E-state index in [1.54, 1.807) is 0 Å². The van der Waals surface area contributed by atoms with Crippen molar-refractivity contribution in [2.75, 3.05) is 12.5 Å². The standard InChI is InChI=1S/C3H8ClN.ClH/c1-2-5-3-4;/h5H,2-3H2,1H3;1H. The van der Waals surface area contributed by atoms with Crippen molar-refractivity contribution in [2.45, 2.75) is 6.92 Å². The molecule has 0 spiro atoms. The predicted octanol–water partition coefficient (Wildman–Crippen LogP) is 1.21. The van der Waals surface area contributed by atoms with Crippen LogP contribution in [0.2, 0.25) is 0 Å². The number of alkyl halides is 1. The molecule has 0 aliphatic carbocycles. The molecule has 0 amide bonds. The van der Waals surface area contributed by atoms with E-state index in [1.165, 1.54) is 0 Å². The van der Waals surface area contributed by atoms with Crippen molar-refractivity contribution in [2.24, 2.45) is 0 Å². The Bertz CT molecular complexity index is 16.3. The molecular weight excluding hydrogens is 121 g/mol. The Hall–Kier alpha value is 0.540. The number of halogens is 2. The van der Waals surface area contributed by atoms with Gasteiger partial charge in [-0.05, 0) is 6.54 Å². The van der Waals surface area contributed by atoms with E-state index in [1.807, 2.05) is 6.92 Å². The topological polar surface area (TPSA) is 12.0 Å². The van der Waals surface area contributed by atoms with Crippen molar-refractivity contribution in [3.05, 3.63) is 0 Å². The van der Waals surface area contributed by atoms with Gasteiger partial charge in [-0.2, -0.15) is 0 Å². The van der Waals surface area contributed by atoms with Gasteiger partial charge in [-0.1, -0.05) is 6.92 Å². The Balaban J connectivity index is 0. The quantitative estimate of drug-likeness (QED) is 0.437. The zero-order valence-electron chi connectivity index (χ0n) is 3.70. The van der Waals surface area contributed by atoms with Gasteiger partial charge in [-0.15, -0.1) is 24.0 Å². The first-order valence-electron chi connectivity index (χ1n) is 1.68. The van der Waals surface area contributed by atoms with Crippen LogP contribution in [0, 0.1) is 0 Å². The van der Waals surface area contributed by atoms with E-state index in [0.717, 1.165) is 6.54 Å². The Morgan fingerprint density at radius 2 is 2.17 bits per heavy atom. The lowest BCUT2D eigenvalue weighted by molar-refractivity contribution is 0.835. The smallest absolute Gasteiger partial charge is 0.0713 e. The summed E-state index contributed by atoms with van der Waals surface area (Å²) in [6, 6.07) is 0.566. The summed E-state index contributed by atoms with van der Waals surface area (Å²) in [6.07, 6.45) is 0. The van der Waals surface area contributed by atoms with E-state index in [9.17, 15) is 0 Å². The largest absolute Gasteiger partial charge is 0.304 e. The van der Waals surface area contributed by atoms with Crippen molar-refractivity contribution >= 4 is 24.0 Å². The highest BCUT2D eigenvalue weighted by Gasteiger charge is 1.64. The van der Waals surface area contributed by atoms with Gasteiger partial charge in [0.15, 0.2) is 0 Å². The maximum Gasteiger partial charge on any atom is 0.0713 e. The van der Waals surface area contributed by atoms with E-state index in [2.05, 4.69) is 5.32 Å². The second kappa shape index (κ2) is 9.11. The summed E-state index contributed by atoms with van der Waals surface area (Å²) in [4.78, 5) is 0. The lowest BCUT2D eigenvalue weighted by atomic mass is 10.8. The third-order valence-electron chi connectivity index (χ3n) is 0.344. The van der Waals surface area contributed by atoms with Crippen LogP contribution < -0.4 is 5.32 Å². The van der Waals surface area contributed by atoms with Crippen LogP contribution in [0.25, 0.3) is 0 Å². The normalized spacial score (nSPS) is 7.00. The second-order valence-electron chi connectivity index (χ2n) is 0.737. The molecule has 0 atom stereocenters. The highest BCUT2D eigenvalue weighted by molar-refractivity contribution is 6.17. The van der Waals surface area contributed by atoms with Crippen LogP contribution in [0.4, 0.5) is 0 Å². The summed E-state index contributed by atoms with van der Waals surface area (Å²) in [5.74, 6) is 0. The Kier molecular flexibility index (Phi) is 14.8. The van der Waals surface area contributed by atoms with E-state index < -0.39 is 0 Å². The molecule has 0 aromatic carbocycles. The summed E-state index contributed by atoms with van der Waals surface area (Å²) >= 11 is 5.19. The number of nitrogens with one attached hydrogen (secondary N) is 1. The fourth-order valence-electron chi connectivity index (χ4n) is 0.0945. The fourth-order valence-corrected chi connectivity index (χ4v) is 0.283. The molecular formula is C3H9Cl2N. The molecule has 0 heterocycles. The van der Waals surface area contributed by atoms with Gasteiger partial charge < -0.3 is 5.32 Å². The van der Waals surface area contributed by atoms with Crippen LogP contribution in [0.3, 0.4) is 0 Å². The van der Waals surface area contributed by atoms with Gasteiger partial charge in [0, 0.05) is 0 Å². The summed E-state index contributed by atoms with van der Waals surface area (Å²) in [5.41, 5.74) is 0. The molecule has 0 radical (unpaired) electrons. The minimum atomic E-state index is 0. The first-order valence-corrected chi connectivity index (χ1v) is 2.22. The van der Waals surface area contributed by atoms with Crippen LogP contribution >= 0.6 is 24.0 Å². The summed E-state index contributed by atoms with van der Waals surface area (Å²) in [6.45, 7) is 2.98. The van der Waals surface area contributed by atoms with Gasteiger partial charge >= 0.3 is 0 Å². The van der Waals surface area contributed by atoms with Crippen molar-refractivity contribution in [1.82, 2.24) is 5.32 Å². The molecule has 0 saturated carbocycles. The molecule has 0 aromatic heterocycles. The lowest BCUT2D eigenvalue weighted by Gasteiger charge is -1.84. The molecule has 0 aliphatic rings. The van der Waals surface area contributed by atoms with Gasteiger partial charge in [0.25, 0.3) is 0 Å². The monoisotopic (exact) mass is 129 g/mol. The van der Waals surface area contributed by atoms with E-state index >= 15 is 0 Å². The molecule has 0 saturated heterocycles. The fraction of sp³-hybridized carbons (Fsp3) is 1.00. The molecule has 1 nitrogen and oxygen atoms in total. The van der Waals surface area contributed by atoms with Crippen molar-refractivity contribution in [1.29, 1.82) is 0 Å². The summed E-state index contributed by atoms with van der Waals surface area (Å²) < 4.78 is 0. The van der Waals surface area contributed by atoms with Gasteiger partial charge in [0.05, 0.1) is 6.00 Å². The zero-order chi connectivity index (χ0) is 4.12. The predicted molar refractivity (Wildman–Crippen MR) is 31.6 cm³/mol. The first-order chi connectivity index (χ1) is 2.41. The third kappa shape index (κ3) is 8.82. The van der Waals surface area contributed by atoms with Crippen LogP contribution in [0.5, 0.6) is 0 Å². The van der Waals surface area contributed by atoms with Crippen LogP contribution in [0.15, 0.2) is 0 Å².